The van der Waals surface area contributed by atoms with Crippen LogP contribution in [0.1, 0.15) is 78.2 Å². The van der Waals surface area contributed by atoms with E-state index in [1.54, 1.807) is 19.5 Å². The highest BCUT2D eigenvalue weighted by atomic mass is 16.6. The van der Waals surface area contributed by atoms with Gasteiger partial charge in [0.1, 0.15) is 6.10 Å². The molecular weight excluding hydrogens is 430 g/mol. The summed E-state index contributed by atoms with van der Waals surface area (Å²) in [6, 6.07) is 7.89. The van der Waals surface area contributed by atoms with Gasteiger partial charge in [-0.05, 0) is 44.7 Å². The van der Waals surface area contributed by atoms with Crippen LogP contribution >= 0.6 is 0 Å². The lowest BCUT2D eigenvalue weighted by Gasteiger charge is -2.28. The lowest BCUT2D eigenvalue weighted by molar-refractivity contribution is 0.0786. The fraction of sp³-hybridized carbons (Fsp3) is 0.593. The molecule has 2 rings (SSSR count). The van der Waals surface area contributed by atoms with Crippen molar-refractivity contribution in [1.82, 2.24) is 15.3 Å². The summed E-state index contributed by atoms with van der Waals surface area (Å²) in [6.45, 7) is 9.44. The van der Waals surface area contributed by atoms with Crippen molar-refractivity contribution >= 4 is 6.09 Å². The first kappa shape index (κ1) is 27.6. The van der Waals surface area contributed by atoms with E-state index in [0.717, 1.165) is 56.1 Å². The summed E-state index contributed by atoms with van der Waals surface area (Å²) < 4.78 is 16.4. The fourth-order valence-corrected chi connectivity index (χ4v) is 3.69. The number of nitrogens with zero attached hydrogens (tertiary/aromatic N) is 2. The Labute approximate surface area is 204 Å². The maximum absolute atomic E-state index is 12.7. The van der Waals surface area contributed by atoms with Crippen LogP contribution in [0.5, 0.6) is 5.75 Å². The third-order valence-electron chi connectivity index (χ3n) is 5.66. The number of hydrogen-bond acceptors (Lipinski definition) is 6. The zero-order valence-corrected chi connectivity index (χ0v) is 21.4. The molecule has 1 aromatic carbocycles. The largest absolute Gasteiger partial charge is 0.490 e. The van der Waals surface area contributed by atoms with Crippen molar-refractivity contribution in [3.05, 3.63) is 42.2 Å². The van der Waals surface area contributed by atoms with Gasteiger partial charge in [0.05, 0.1) is 24.5 Å². The van der Waals surface area contributed by atoms with Crippen molar-refractivity contribution < 1.29 is 19.0 Å². The van der Waals surface area contributed by atoms with Crippen molar-refractivity contribution in [3.63, 3.8) is 0 Å². The quantitative estimate of drug-likeness (QED) is 0.308. The van der Waals surface area contributed by atoms with Crippen LogP contribution in [0.2, 0.25) is 0 Å². The number of methoxy groups -OCH3 is 1. The van der Waals surface area contributed by atoms with Crippen LogP contribution in [0.25, 0.3) is 11.4 Å². The van der Waals surface area contributed by atoms with E-state index in [1.807, 2.05) is 38.1 Å². The summed E-state index contributed by atoms with van der Waals surface area (Å²) in [7, 11) is 1.67. The number of carbonyl (C=O) groups excluding carboxylic acids is 1. The highest BCUT2D eigenvalue weighted by Gasteiger charge is 2.25. The number of hydrogen-bond donors (Lipinski definition) is 1. The Hall–Kier alpha value is -2.67. The Morgan fingerprint density at radius 3 is 2.47 bits per heavy atom. The third-order valence-corrected chi connectivity index (χ3v) is 5.66. The number of alkyl carbamates (subject to hydrolysis) is 1. The van der Waals surface area contributed by atoms with Crippen molar-refractivity contribution in [3.8, 4) is 17.1 Å². The van der Waals surface area contributed by atoms with Crippen molar-refractivity contribution in [2.75, 3.05) is 20.3 Å². The van der Waals surface area contributed by atoms with Crippen molar-refractivity contribution in [1.29, 1.82) is 0 Å². The van der Waals surface area contributed by atoms with Crippen LogP contribution in [-0.2, 0) is 15.0 Å². The Bertz CT molecular complexity index is 855. The predicted molar refractivity (Wildman–Crippen MR) is 135 cm³/mol. The lowest BCUT2D eigenvalue weighted by atomic mass is 9.93. The van der Waals surface area contributed by atoms with E-state index < -0.39 is 5.54 Å². The molecule has 1 atom stereocenters. The van der Waals surface area contributed by atoms with E-state index in [2.05, 4.69) is 29.1 Å². The number of benzene rings is 1. The van der Waals surface area contributed by atoms with Gasteiger partial charge in [0, 0.05) is 25.7 Å². The van der Waals surface area contributed by atoms with Crippen LogP contribution in [0.15, 0.2) is 36.7 Å². The molecule has 0 spiro atoms. The van der Waals surface area contributed by atoms with Crippen LogP contribution in [0.3, 0.4) is 0 Å². The second-order valence-electron chi connectivity index (χ2n) is 9.08. The molecule has 1 N–H and O–H groups in total. The Balaban J connectivity index is 2.01. The topological polar surface area (TPSA) is 82.6 Å². The molecule has 0 bridgehead atoms. The molecule has 0 aliphatic heterocycles. The first-order chi connectivity index (χ1) is 16.4. The maximum atomic E-state index is 12.7. The number of rotatable bonds is 15. The molecule has 34 heavy (non-hydrogen) atoms. The Kier molecular flexibility index (Phi) is 11.8. The van der Waals surface area contributed by atoms with E-state index in [4.69, 9.17) is 14.2 Å². The smallest absolute Gasteiger partial charge is 0.408 e. The van der Waals surface area contributed by atoms with E-state index in [1.165, 1.54) is 0 Å². The summed E-state index contributed by atoms with van der Waals surface area (Å²) in [5, 5.41) is 3.04. The third kappa shape index (κ3) is 9.29. The van der Waals surface area contributed by atoms with Crippen LogP contribution in [0, 0.1) is 0 Å². The number of unbranched alkanes of at least 4 members (excludes halogenated alkanes) is 2. The fourth-order valence-electron chi connectivity index (χ4n) is 3.69. The molecule has 0 aliphatic rings. The molecule has 0 radical (unpaired) electrons. The monoisotopic (exact) mass is 471 g/mol. The zero-order chi connectivity index (χ0) is 24.8. The van der Waals surface area contributed by atoms with Gasteiger partial charge >= 0.3 is 6.09 Å². The highest BCUT2D eigenvalue weighted by Crippen LogP contribution is 2.26. The average Bonchev–Trinajstić information content (AvgIpc) is 2.82. The normalized spacial score (nSPS) is 12.3. The Morgan fingerprint density at radius 1 is 1.03 bits per heavy atom. The first-order valence-electron chi connectivity index (χ1n) is 12.4. The minimum atomic E-state index is -0.613. The molecule has 0 saturated carbocycles. The lowest BCUT2D eigenvalue weighted by Crippen LogP contribution is -2.42. The van der Waals surface area contributed by atoms with Crippen LogP contribution in [-0.4, -0.2) is 42.5 Å². The molecule has 7 nitrogen and oxygen atoms in total. The molecule has 0 aliphatic carbocycles. The van der Waals surface area contributed by atoms with Gasteiger partial charge in [-0.15, -0.1) is 0 Å². The second-order valence-corrected chi connectivity index (χ2v) is 9.08. The average molecular weight is 472 g/mol. The van der Waals surface area contributed by atoms with Gasteiger partial charge in [-0.3, -0.25) is 0 Å². The van der Waals surface area contributed by atoms with Gasteiger partial charge in [0.2, 0.25) is 0 Å². The molecule has 0 saturated heterocycles. The van der Waals surface area contributed by atoms with E-state index in [-0.39, 0.29) is 12.2 Å². The summed E-state index contributed by atoms with van der Waals surface area (Å²) in [5.74, 6) is 1.23. The molecular formula is C27H41N3O4. The minimum Gasteiger partial charge on any atom is -0.490 e. The van der Waals surface area contributed by atoms with Gasteiger partial charge < -0.3 is 19.5 Å². The molecule has 7 heteroatoms. The van der Waals surface area contributed by atoms with Gasteiger partial charge in [-0.25, -0.2) is 14.8 Å². The van der Waals surface area contributed by atoms with Gasteiger partial charge in [-0.1, -0.05) is 51.3 Å². The summed E-state index contributed by atoms with van der Waals surface area (Å²) in [6.07, 6.45) is 9.93. The number of ether oxygens (including phenoxy) is 3. The number of amides is 1. The van der Waals surface area contributed by atoms with Crippen molar-refractivity contribution in [2.45, 2.75) is 84.3 Å². The molecule has 1 unspecified atom stereocenters. The predicted octanol–water partition coefficient (Wildman–Crippen LogP) is 6.27. The minimum absolute atomic E-state index is 0.0395. The number of nitrogens with one attached hydrogen (secondary N) is 1. The Morgan fingerprint density at radius 2 is 1.79 bits per heavy atom. The van der Waals surface area contributed by atoms with Crippen LogP contribution in [0.4, 0.5) is 4.79 Å². The van der Waals surface area contributed by atoms with E-state index >= 15 is 0 Å². The zero-order valence-electron chi connectivity index (χ0n) is 21.4. The molecule has 1 amide bonds. The van der Waals surface area contributed by atoms with Gasteiger partial charge in [0.25, 0.3) is 0 Å². The molecule has 188 valence electrons. The highest BCUT2D eigenvalue weighted by molar-refractivity contribution is 5.69. The molecule has 0 fully saturated rings. The first-order valence-corrected chi connectivity index (χ1v) is 12.4. The number of aromatic nitrogens is 2. The molecule has 1 aromatic heterocycles. The second kappa shape index (κ2) is 14.6. The summed E-state index contributed by atoms with van der Waals surface area (Å²) in [4.78, 5) is 21.6. The van der Waals surface area contributed by atoms with Crippen LogP contribution < -0.4 is 10.1 Å². The van der Waals surface area contributed by atoms with E-state index in [0.29, 0.717) is 24.8 Å². The summed E-state index contributed by atoms with van der Waals surface area (Å²) >= 11 is 0. The van der Waals surface area contributed by atoms with E-state index in [9.17, 15) is 4.79 Å². The number of carbonyl (C=O) groups is 1. The SMILES string of the molecule is CCCCCC(CCC)OC(=O)NC(C)(C)c1cccc(-c2ncc(OCCCOC)cn2)c1. The standard InChI is InChI=1S/C27H41N3O4/c1-6-8-9-15-23(12-7-2)34-26(31)30-27(3,4)22-14-10-13-21(18-22)25-28-19-24(20-29-25)33-17-11-16-32-5/h10,13-14,18-20,23H,6-9,11-12,15-17H2,1-5H3,(H,30,31). The maximum Gasteiger partial charge on any atom is 0.408 e. The summed E-state index contributed by atoms with van der Waals surface area (Å²) in [5.41, 5.74) is 1.20. The molecule has 2 aromatic rings. The van der Waals surface area contributed by atoms with Crippen molar-refractivity contribution in [2.24, 2.45) is 0 Å². The van der Waals surface area contributed by atoms with Gasteiger partial charge in [0.15, 0.2) is 11.6 Å². The molecule has 1 heterocycles. The van der Waals surface area contributed by atoms with Gasteiger partial charge in [-0.2, -0.15) is 0 Å².